The van der Waals surface area contributed by atoms with Gasteiger partial charge in [-0.2, -0.15) is 0 Å². The molecule has 0 radical (unpaired) electrons. The molecule has 0 atom stereocenters. The molecule has 0 aliphatic rings. The summed E-state index contributed by atoms with van der Waals surface area (Å²) in [4.78, 5) is 12.2. The van der Waals surface area contributed by atoms with Crippen LogP contribution in [-0.4, -0.2) is 12.3 Å². The van der Waals surface area contributed by atoms with Crippen LogP contribution in [0.15, 0.2) is 18.2 Å². The molecule has 100 valence electrons. The Kier molecular flexibility index (Phi) is 4.96. The molecule has 1 aromatic rings. The summed E-state index contributed by atoms with van der Waals surface area (Å²) in [5.41, 5.74) is 5.13. The van der Waals surface area contributed by atoms with Gasteiger partial charge in [0.25, 0.3) is 0 Å². The largest absolute Gasteiger partial charge is 0.329 e. The number of ketones is 1. The van der Waals surface area contributed by atoms with Crippen LogP contribution in [-0.2, 0) is 11.2 Å². The van der Waals surface area contributed by atoms with E-state index in [1.807, 2.05) is 13.8 Å². The minimum atomic E-state index is -0.626. The van der Waals surface area contributed by atoms with E-state index in [0.717, 1.165) is 18.2 Å². The van der Waals surface area contributed by atoms with Gasteiger partial charge in [-0.05, 0) is 36.6 Å². The normalized spacial score (nSPS) is 11.6. The van der Waals surface area contributed by atoms with Crippen molar-refractivity contribution in [2.45, 2.75) is 33.1 Å². The van der Waals surface area contributed by atoms with Crippen LogP contribution >= 0.6 is 0 Å². The van der Waals surface area contributed by atoms with Crippen LogP contribution in [0.3, 0.4) is 0 Å². The molecule has 0 amide bonds. The number of carbonyl (C=O) groups is 1. The molecule has 4 heteroatoms. The number of rotatable bonds is 6. The summed E-state index contributed by atoms with van der Waals surface area (Å²) in [5, 5.41) is 0. The molecule has 0 spiro atoms. The Labute approximate surface area is 106 Å². The number of halogens is 2. The molecule has 18 heavy (non-hydrogen) atoms. The van der Waals surface area contributed by atoms with Crippen molar-refractivity contribution < 1.29 is 13.6 Å². The van der Waals surface area contributed by atoms with Crippen LogP contribution in [0.4, 0.5) is 8.78 Å². The summed E-state index contributed by atoms with van der Waals surface area (Å²) in [6, 6.07) is 3.15. The minimum Gasteiger partial charge on any atom is -0.329 e. The van der Waals surface area contributed by atoms with E-state index < -0.39 is 17.0 Å². The van der Waals surface area contributed by atoms with Crippen molar-refractivity contribution in [2.75, 3.05) is 6.54 Å². The van der Waals surface area contributed by atoms with E-state index >= 15 is 0 Å². The van der Waals surface area contributed by atoms with Gasteiger partial charge in [-0.15, -0.1) is 0 Å². The molecule has 0 heterocycles. The summed E-state index contributed by atoms with van der Waals surface area (Å²) < 4.78 is 26.5. The molecule has 1 aromatic carbocycles. The van der Waals surface area contributed by atoms with Gasteiger partial charge >= 0.3 is 0 Å². The number of benzene rings is 1. The van der Waals surface area contributed by atoms with E-state index in [9.17, 15) is 13.6 Å². The standard InChI is InChI=1S/C14H19F2NO/c1-3-14(4-2,9-17)13(18)8-10-7-11(15)5-6-12(10)16/h5-7H,3-4,8-9,17H2,1-2H3. The molecule has 0 unspecified atom stereocenters. The highest BCUT2D eigenvalue weighted by atomic mass is 19.1. The highest BCUT2D eigenvalue weighted by Crippen LogP contribution is 2.28. The van der Waals surface area contributed by atoms with Gasteiger partial charge in [0.05, 0.1) is 0 Å². The van der Waals surface area contributed by atoms with Gasteiger partial charge in [-0.1, -0.05) is 13.8 Å². The minimum absolute atomic E-state index is 0.0970. The van der Waals surface area contributed by atoms with Gasteiger partial charge in [0, 0.05) is 18.4 Å². The summed E-state index contributed by atoms with van der Waals surface area (Å²) in [7, 11) is 0. The lowest BCUT2D eigenvalue weighted by Crippen LogP contribution is -2.38. The first kappa shape index (κ1) is 14.8. The van der Waals surface area contributed by atoms with E-state index in [4.69, 9.17) is 5.73 Å². The molecule has 0 aromatic heterocycles. The second-order valence-electron chi connectivity index (χ2n) is 4.53. The van der Waals surface area contributed by atoms with Gasteiger partial charge in [0.2, 0.25) is 0 Å². The Morgan fingerprint density at radius 3 is 2.39 bits per heavy atom. The molecule has 0 fully saturated rings. The SMILES string of the molecule is CCC(CC)(CN)C(=O)Cc1cc(F)ccc1F. The van der Waals surface area contributed by atoms with Crippen LogP contribution in [0.5, 0.6) is 0 Å². The highest BCUT2D eigenvalue weighted by Gasteiger charge is 2.33. The maximum Gasteiger partial charge on any atom is 0.144 e. The molecule has 0 saturated carbocycles. The predicted octanol–water partition coefficient (Wildman–Crippen LogP) is 2.84. The van der Waals surface area contributed by atoms with E-state index in [2.05, 4.69) is 0 Å². The highest BCUT2D eigenvalue weighted by molar-refractivity contribution is 5.87. The molecule has 0 aliphatic heterocycles. The quantitative estimate of drug-likeness (QED) is 0.849. The molecule has 2 nitrogen and oxygen atoms in total. The van der Waals surface area contributed by atoms with Crippen molar-refractivity contribution in [3.8, 4) is 0 Å². The van der Waals surface area contributed by atoms with E-state index in [-0.39, 0.29) is 24.3 Å². The van der Waals surface area contributed by atoms with E-state index in [1.54, 1.807) is 0 Å². The Morgan fingerprint density at radius 2 is 1.89 bits per heavy atom. The third-order valence-electron chi connectivity index (χ3n) is 3.69. The van der Waals surface area contributed by atoms with Crippen LogP contribution < -0.4 is 5.73 Å². The van der Waals surface area contributed by atoms with Gasteiger partial charge < -0.3 is 5.73 Å². The lowest BCUT2D eigenvalue weighted by Gasteiger charge is -2.28. The fourth-order valence-electron chi connectivity index (χ4n) is 2.09. The average molecular weight is 255 g/mol. The number of hydrogen-bond acceptors (Lipinski definition) is 2. The van der Waals surface area contributed by atoms with Crippen molar-refractivity contribution in [2.24, 2.45) is 11.1 Å². The lowest BCUT2D eigenvalue weighted by molar-refractivity contribution is -0.128. The molecule has 1 rings (SSSR count). The third kappa shape index (κ3) is 2.93. The Hall–Kier alpha value is -1.29. The first-order chi connectivity index (χ1) is 8.49. The van der Waals surface area contributed by atoms with E-state index in [0.29, 0.717) is 12.8 Å². The zero-order valence-corrected chi connectivity index (χ0v) is 10.8. The number of hydrogen-bond donors (Lipinski definition) is 1. The van der Waals surface area contributed by atoms with Crippen LogP contribution in [0, 0.1) is 17.0 Å². The molecule has 0 saturated heterocycles. The second kappa shape index (κ2) is 6.05. The van der Waals surface area contributed by atoms with Gasteiger partial charge in [0.15, 0.2) is 0 Å². The maximum absolute atomic E-state index is 13.5. The Bertz CT molecular complexity index is 420. The zero-order valence-electron chi connectivity index (χ0n) is 10.8. The Balaban J connectivity index is 2.96. The van der Waals surface area contributed by atoms with Crippen LogP contribution in [0.25, 0.3) is 0 Å². The van der Waals surface area contributed by atoms with Crippen molar-refractivity contribution in [3.05, 3.63) is 35.4 Å². The zero-order chi connectivity index (χ0) is 13.8. The number of nitrogens with two attached hydrogens (primary N) is 1. The van der Waals surface area contributed by atoms with Crippen LogP contribution in [0.2, 0.25) is 0 Å². The smallest absolute Gasteiger partial charge is 0.144 e. The number of carbonyl (C=O) groups excluding carboxylic acids is 1. The molecular weight excluding hydrogens is 236 g/mol. The fraction of sp³-hybridized carbons (Fsp3) is 0.500. The predicted molar refractivity (Wildman–Crippen MR) is 67.1 cm³/mol. The molecule has 2 N–H and O–H groups in total. The summed E-state index contributed by atoms with van der Waals surface area (Å²) in [5.74, 6) is -1.21. The first-order valence-electron chi connectivity index (χ1n) is 6.16. The van der Waals surface area contributed by atoms with Gasteiger partial charge in [-0.25, -0.2) is 8.78 Å². The monoisotopic (exact) mass is 255 g/mol. The molecular formula is C14H19F2NO. The number of Topliss-reactive ketones (excluding diaryl/α,β-unsaturated/α-hetero) is 1. The lowest BCUT2D eigenvalue weighted by atomic mass is 9.76. The van der Waals surface area contributed by atoms with Crippen molar-refractivity contribution in [1.82, 2.24) is 0 Å². The molecule has 0 bridgehead atoms. The topological polar surface area (TPSA) is 43.1 Å². The third-order valence-corrected chi connectivity index (χ3v) is 3.69. The first-order valence-corrected chi connectivity index (χ1v) is 6.16. The van der Waals surface area contributed by atoms with Crippen LogP contribution in [0.1, 0.15) is 32.3 Å². The van der Waals surface area contributed by atoms with Gasteiger partial charge in [0.1, 0.15) is 17.4 Å². The van der Waals surface area contributed by atoms with E-state index in [1.165, 1.54) is 0 Å². The van der Waals surface area contributed by atoms with Crippen molar-refractivity contribution >= 4 is 5.78 Å². The summed E-state index contributed by atoms with van der Waals surface area (Å²) >= 11 is 0. The summed E-state index contributed by atoms with van der Waals surface area (Å²) in [6.07, 6.45) is 1.11. The van der Waals surface area contributed by atoms with Gasteiger partial charge in [-0.3, -0.25) is 4.79 Å². The molecule has 0 aliphatic carbocycles. The Morgan fingerprint density at radius 1 is 1.28 bits per heavy atom. The maximum atomic E-state index is 13.5. The average Bonchev–Trinajstić information content (AvgIpc) is 2.37. The fourth-order valence-corrected chi connectivity index (χ4v) is 2.09. The van der Waals surface area contributed by atoms with Crippen molar-refractivity contribution in [1.29, 1.82) is 0 Å². The van der Waals surface area contributed by atoms with Crippen molar-refractivity contribution in [3.63, 3.8) is 0 Å². The summed E-state index contributed by atoms with van der Waals surface area (Å²) in [6.45, 7) is 4.00. The second-order valence-corrected chi connectivity index (χ2v) is 4.53.